The monoisotopic (exact) mass is 256 g/mol. The van der Waals surface area contributed by atoms with Crippen LogP contribution in [-0.2, 0) is 10.2 Å². The Labute approximate surface area is 103 Å². The Hall–Kier alpha value is -1.65. The van der Waals surface area contributed by atoms with Gasteiger partial charge in [-0.1, -0.05) is 25.3 Å². The number of hydrogen-bond acceptors (Lipinski definition) is 2. The van der Waals surface area contributed by atoms with Gasteiger partial charge in [0.15, 0.2) is 17.4 Å². The van der Waals surface area contributed by atoms with Gasteiger partial charge in [0.25, 0.3) is 0 Å². The predicted molar refractivity (Wildman–Crippen MR) is 60.4 cm³/mol. The van der Waals surface area contributed by atoms with E-state index in [4.69, 9.17) is 0 Å². The Morgan fingerprint density at radius 1 is 1.17 bits per heavy atom. The van der Waals surface area contributed by atoms with Crippen LogP contribution in [0.5, 0.6) is 5.75 Å². The molecule has 1 aromatic rings. The van der Waals surface area contributed by atoms with Crippen molar-refractivity contribution in [1.82, 2.24) is 0 Å². The van der Waals surface area contributed by atoms with E-state index in [9.17, 15) is 23.8 Å². The molecular formula is C13H14F2O3. The van der Waals surface area contributed by atoms with E-state index in [1.807, 2.05) is 0 Å². The summed E-state index contributed by atoms with van der Waals surface area (Å²) >= 11 is 0. The Morgan fingerprint density at radius 3 is 2.33 bits per heavy atom. The summed E-state index contributed by atoms with van der Waals surface area (Å²) in [6, 6.07) is 2.04. The summed E-state index contributed by atoms with van der Waals surface area (Å²) in [5.41, 5.74) is -1.46. The molecule has 0 aliphatic heterocycles. The van der Waals surface area contributed by atoms with E-state index in [0.717, 1.165) is 18.6 Å². The van der Waals surface area contributed by atoms with Crippen molar-refractivity contribution in [1.29, 1.82) is 0 Å². The molecule has 0 aromatic heterocycles. The molecule has 2 N–H and O–H groups in total. The first-order valence-corrected chi connectivity index (χ1v) is 5.90. The number of carboxylic acids is 1. The van der Waals surface area contributed by atoms with Gasteiger partial charge in [0.2, 0.25) is 0 Å². The summed E-state index contributed by atoms with van der Waals surface area (Å²) in [4.78, 5) is 11.5. The van der Waals surface area contributed by atoms with Gasteiger partial charge in [-0.25, -0.2) is 8.78 Å². The number of rotatable bonds is 2. The van der Waals surface area contributed by atoms with Crippen LogP contribution >= 0.6 is 0 Å². The molecule has 1 saturated carbocycles. The van der Waals surface area contributed by atoms with Crippen LogP contribution in [0.1, 0.15) is 37.7 Å². The Morgan fingerprint density at radius 2 is 1.78 bits per heavy atom. The number of aliphatic carboxylic acids is 1. The molecule has 1 aliphatic rings. The molecule has 18 heavy (non-hydrogen) atoms. The maximum Gasteiger partial charge on any atom is 0.314 e. The molecule has 1 aliphatic carbocycles. The van der Waals surface area contributed by atoms with Gasteiger partial charge < -0.3 is 10.2 Å². The molecule has 98 valence electrons. The first kappa shape index (κ1) is 12.8. The van der Waals surface area contributed by atoms with Crippen LogP contribution in [0.3, 0.4) is 0 Å². The highest BCUT2D eigenvalue weighted by atomic mass is 19.1. The second-order valence-electron chi connectivity index (χ2n) is 4.71. The van der Waals surface area contributed by atoms with Crippen LogP contribution in [0.25, 0.3) is 0 Å². The van der Waals surface area contributed by atoms with E-state index < -0.39 is 28.8 Å². The molecule has 0 saturated heterocycles. The smallest absolute Gasteiger partial charge is 0.314 e. The molecule has 3 nitrogen and oxygen atoms in total. The average Bonchev–Trinajstić information content (AvgIpc) is 2.37. The van der Waals surface area contributed by atoms with Gasteiger partial charge in [-0.2, -0.15) is 0 Å². The maximum absolute atomic E-state index is 13.9. The Balaban J connectivity index is 2.56. The Kier molecular flexibility index (Phi) is 3.24. The van der Waals surface area contributed by atoms with Crippen LogP contribution in [0.2, 0.25) is 0 Å². The third kappa shape index (κ3) is 1.83. The average molecular weight is 256 g/mol. The van der Waals surface area contributed by atoms with Gasteiger partial charge in [-0.15, -0.1) is 0 Å². The van der Waals surface area contributed by atoms with Crippen molar-refractivity contribution in [3.8, 4) is 5.75 Å². The SMILES string of the molecule is O=C(O)C1(c2ccc(F)c(O)c2F)CCCCC1. The predicted octanol–water partition coefficient (Wildman–Crippen LogP) is 2.96. The van der Waals surface area contributed by atoms with Crippen molar-refractivity contribution in [3.05, 3.63) is 29.3 Å². The third-order valence-electron chi connectivity index (χ3n) is 3.70. The van der Waals surface area contributed by atoms with Gasteiger partial charge in [-0.3, -0.25) is 4.79 Å². The van der Waals surface area contributed by atoms with Crippen molar-refractivity contribution in [2.45, 2.75) is 37.5 Å². The zero-order chi connectivity index (χ0) is 13.3. The minimum absolute atomic E-state index is 0.117. The fourth-order valence-electron chi connectivity index (χ4n) is 2.66. The van der Waals surface area contributed by atoms with Gasteiger partial charge >= 0.3 is 5.97 Å². The second kappa shape index (κ2) is 4.55. The standard InChI is InChI=1S/C13H14F2O3/c14-9-5-4-8(10(15)11(9)16)13(12(17)18)6-2-1-3-7-13/h4-5,16H,1-3,6-7H2,(H,17,18). The van der Waals surface area contributed by atoms with Gasteiger partial charge in [0.1, 0.15) is 0 Å². The molecule has 2 rings (SSSR count). The lowest BCUT2D eigenvalue weighted by atomic mass is 9.69. The number of halogens is 2. The van der Waals surface area contributed by atoms with E-state index in [-0.39, 0.29) is 5.56 Å². The topological polar surface area (TPSA) is 57.5 Å². The number of carboxylic acid groups (broad SMARTS) is 1. The molecule has 0 amide bonds. The number of hydrogen-bond donors (Lipinski definition) is 2. The fraction of sp³-hybridized carbons (Fsp3) is 0.462. The van der Waals surface area contributed by atoms with Gasteiger partial charge in [-0.05, 0) is 18.9 Å². The largest absolute Gasteiger partial charge is 0.503 e. The summed E-state index contributed by atoms with van der Waals surface area (Å²) in [7, 11) is 0. The minimum Gasteiger partial charge on any atom is -0.503 e. The number of phenolic OH excluding ortho intramolecular Hbond substituents is 1. The number of carbonyl (C=O) groups is 1. The molecule has 1 fully saturated rings. The molecule has 0 heterocycles. The van der Waals surface area contributed by atoms with Crippen LogP contribution in [0, 0.1) is 11.6 Å². The zero-order valence-electron chi connectivity index (χ0n) is 9.75. The Bertz CT molecular complexity index is 479. The van der Waals surface area contributed by atoms with Crippen LogP contribution in [-0.4, -0.2) is 16.2 Å². The van der Waals surface area contributed by atoms with Crippen LogP contribution in [0.15, 0.2) is 12.1 Å². The lowest BCUT2D eigenvalue weighted by molar-refractivity contribution is -0.145. The molecule has 0 bridgehead atoms. The van der Waals surface area contributed by atoms with Crippen LogP contribution < -0.4 is 0 Å². The lowest BCUT2D eigenvalue weighted by Crippen LogP contribution is -2.38. The molecule has 0 unspecified atom stereocenters. The molecule has 5 heteroatoms. The lowest BCUT2D eigenvalue weighted by Gasteiger charge is -2.33. The normalized spacial score (nSPS) is 18.6. The van der Waals surface area contributed by atoms with Crippen LogP contribution in [0.4, 0.5) is 8.78 Å². The highest BCUT2D eigenvalue weighted by Gasteiger charge is 2.43. The zero-order valence-corrected chi connectivity index (χ0v) is 9.75. The number of benzene rings is 1. The summed E-state index contributed by atoms with van der Waals surface area (Å²) in [6.45, 7) is 0. The van der Waals surface area contributed by atoms with E-state index >= 15 is 0 Å². The van der Waals surface area contributed by atoms with Crippen molar-refractivity contribution in [3.63, 3.8) is 0 Å². The molecule has 1 aromatic carbocycles. The maximum atomic E-state index is 13.9. The van der Waals surface area contributed by atoms with Gasteiger partial charge in [0.05, 0.1) is 5.41 Å². The second-order valence-corrected chi connectivity index (χ2v) is 4.71. The summed E-state index contributed by atoms with van der Waals surface area (Å²) in [5, 5.41) is 18.7. The molecule has 0 radical (unpaired) electrons. The number of phenols is 1. The fourth-order valence-corrected chi connectivity index (χ4v) is 2.66. The van der Waals surface area contributed by atoms with Crippen molar-refractivity contribution >= 4 is 5.97 Å². The van der Waals surface area contributed by atoms with E-state index in [1.165, 1.54) is 0 Å². The highest BCUT2D eigenvalue weighted by Crippen LogP contribution is 2.42. The quantitative estimate of drug-likeness (QED) is 0.855. The first-order valence-electron chi connectivity index (χ1n) is 5.90. The summed E-state index contributed by atoms with van der Waals surface area (Å²) < 4.78 is 26.9. The summed E-state index contributed by atoms with van der Waals surface area (Å²) in [5.74, 6) is -4.45. The molecule has 0 spiro atoms. The van der Waals surface area contributed by atoms with E-state index in [1.54, 1.807) is 0 Å². The minimum atomic E-state index is -1.34. The summed E-state index contributed by atoms with van der Waals surface area (Å²) in [6.07, 6.45) is 2.90. The van der Waals surface area contributed by atoms with E-state index in [0.29, 0.717) is 25.7 Å². The highest BCUT2D eigenvalue weighted by molar-refractivity contribution is 5.81. The van der Waals surface area contributed by atoms with E-state index in [2.05, 4.69) is 0 Å². The third-order valence-corrected chi connectivity index (χ3v) is 3.70. The molecular weight excluding hydrogens is 242 g/mol. The first-order chi connectivity index (χ1) is 8.49. The van der Waals surface area contributed by atoms with Crippen molar-refractivity contribution in [2.24, 2.45) is 0 Å². The van der Waals surface area contributed by atoms with Crippen molar-refractivity contribution < 1.29 is 23.8 Å². The van der Waals surface area contributed by atoms with Gasteiger partial charge in [0, 0.05) is 5.56 Å². The molecule has 0 atom stereocenters. The number of aromatic hydroxyl groups is 1. The van der Waals surface area contributed by atoms with Crippen molar-refractivity contribution in [2.75, 3.05) is 0 Å².